The lowest BCUT2D eigenvalue weighted by atomic mass is 9.82. The average molecular weight is 418 g/mol. The summed E-state index contributed by atoms with van der Waals surface area (Å²) >= 11 is 0. The summed E-state index contributed by atoms with van der Waals surface area (Å²) in [4.78, 5) is 39.1. The Morgan fingerprint density at radius 2 is 1.22 bits per heavy atom. The van der Waals surface area contributed by atoms with Gasteiger partial charge in [-0.2, -0.15) is 0 Å². The quantitative estimate of drug-likeness (QED) is 0.405. The lowest BCUT2D eigenvalue weighted by Crippen LogP contribution is -2.25. The van der Waals surface area contributed by atoms with E-state index < -0.39 is 0 Å². The number of ketones is 2. The summed E-state index contributed by atoms with van der Waals surface area (Å²) in [5.41, 5.74) is 9.89. The zero-order valence-corrected chi connectivity index (χ0v) is 17.0. The highest BCUT2D eigenvalue weighted by Crippen LogP contribution is 2.34. The second-order valence-corrected chi connectivity index (χ2v) is 7.55. The molecule has 3 N–H and O–H groups in total. The van der Waals surface area contributed by atoms with Crippen LogP contribution in [-0.4, -0.2) is 17.5 Å². The summed E-state index contributed by atoms with van der Waals surface area (Å²) in [6.07, 6.45) is 0. The van der Waals surface area contributed by atoms with Crippen molar-refractivity contribution in [3.63, 3.8) is 0 Å². The fraction of sp³-hybridized carbons (Fsp3) is 0. The van der Waals surface area contributed by atoms with E-state index in [4.69, 9.17) is 5.73 Å². The van der Waals surface area contributed by atoms with Crippen LogP contribution in [0.25, 0.3) is 11.1 Å². The number of nitrogens with one attached hydrogen (secondary N) is 1. The van der Waals surface area contributed by atoms with E-state index in [1.54, 1.807) is 48.5 Å². The molecule has 0 aromatic heterocycles. The molecule has 154 valence electrons. The lowest BCUT2D eigenvalue weighted by molar-refractivity contribution is 0.0979. The monoisotopic (exact) mass is 418 g/mol. The van der Waals surface area contributed by atoms with Crippen molar-refractivity contribution >= 4 is 28.8 Å². The smallest absolute Gasteiger partial charge is 0.255 e. The average Bonchev–Trinajstić information content (AvgIpc) is 2.83. The first-order valence-corrected chi connectivity index (χ1v) is 10.1. The predicted octanol–water partition coefficient (Wildman–Crippen LogP) is 4.96. The van der Waals surface area contributed by atoms with Gasteiger partial charge in [-0.15, -0.1) is 0 Å². The van der Waals surface area contributed by atoms with E-state index in [1.807, 2.05) is 42.5 Å². The van der Waals surface area contributed by atoms with Gasteiger partial charge in [0.2, 0.25) is 0 Å². The van der Waals surface area contributed by atoms with E-state index in [2.05, 4.69) is 5.32 Å². The minimum absolute atomic E-state index is 0.185. The van der Waals surface area contributed by atoms with Crippen LogP contribution in [0.15, 0.2) is 91.0 Å². The van der Waals surface area contributed by atoms with Crippen LogP contribution < -0.4 is 11.1 Å². The van der Waals surface area contributed by atoms with Crippen LogP contribution in [-0.2, 0) is 0 Å². The van der Waals surface area contributed by atoms with Crippen LogP contribution in [0.3, 0.4) is 0 Å². The molecule has 0 heterocycles. The molecule has 0 bridgehead atoms. The number of anilines is 2. The molecule has 0 unspecified atom stereocenters. The summed E-state index contributed by atoms with van der Waals surface area (Å²) < 4.78 is 0. The Balaban J connectivity index is 1.47. The summed E-state index contributed by atoms with van der Waals surface area (Å²) in [5, 5.41) is 2.80. The van der Waals surface area contributed by atoms with Gasteiger partial charge >= 0.3 is 0 Å². The minimum atomic E-state index is -0.364. The van der Waals surface area contributed by atoms with E-state index in [0.29, 0.717) is 11.3 Å². The molecule has 5 heteroatoms. The molecule has 0 atom stereocenters. The minimum Gasteiger partial charge on any atom is -0.398 e. The first-order chi connectivity index (χ1) is 15.5. The third-order valence-corrected chi connectivity index (χ3v) is 5.61. The van der Waals surface area contributed by atoms with Crippen molar-refractivity contribution in [1.29, 1.82) is 0 Å². The Kier molecular flexibility index (Phi) is 4.64. The van der Waals surface area contributed by atoms with Gasteiger partial charge in [0, 0.05) is 22.4 Å². The van der Waals surface area contributed by atoms with Crippen LogP contribution in [0.1, 0.15) is 42.2 Å². The van der Waals surface area contributed by atoms with E-state index >= 15 is 0 Å². The summed E-state index contributed by atoms with van der Waals surface area (Å²) in [7, 11) is 0. The predicted molar refractivity (Wildman–Crippen MR) is 124 cm³/mol. The number of fused-ring (bicyclic) bond motifs is 2. The molecule has 1 aliphatic carbocycles. The maximum atomic E-state index is 13.2. The molecule has 4 aromatic carbocycles. The van der Waals surface area contributed by atoms with Gasteiger partial charge in [-0.3, -0.25) is 14.4 Å². The fourth-order valence-electron chi connectivity index (χ4n) is 4.01. The SMILES string of the molecule is Nc1cccc2c1C(=O)c1cccc(NC(=O)c3ccc(-c4ccccc4)cc3)c1C2=O. The van der Waals surface area contributed by atoms with Gasteiger partial charge in [0.1, 0.15) is 0 Å². The number of carbonyl (C=O) groups excluding carboxylic acids is 3. The number of rotatable bonds is 3. The molecule has 0 aliphatic heterocycles. The molecule has 4 aromatic rings. The van der Waals surface area contributed by atoms with Crippen LogP contribution in [0.2, 0.25) is 0 Å². The molecule has 5 nitrogen and oxygen atoms in total. The molecular formula is C27H18N2O3. The highest BCUT2D eigenvalue weighted by atomic mass is 16.2. The Morgan fingerprint density at radius 3 is 1.94 bits per heavy atom. The molecule has 32 heavy (non-hydrogen) atoms. The third-order valence-electron chi connectivity index (χ3n) is 5.61. The molecule has 0 spiro atoms. The number of carbonyl (C=O) groups is 3. The van der Waals surface area contributed by atoms with Crippen molar-refractivity contribution < 1.29 is 14.4 Å². The van der Waals surface area contributed by atoms with E-state index in [0.717, 1.165) is 11.1 Å². The highest BCUT2D eigenvalue weighted by molar-refractivity contribution is 6.32. The number of nitrogen functional groups attached to an aromatic ring is 1. The van der Waals surface area contributed by atoms with Gasteiger partial charge in [0.05, 0.1) is 16.8 Å². The number of amides is 1. The maximum Gasteiger partial charge on any atom is 0.255 e. The normalized spacial score (nSPS) is 12.1. The molecule has 1 amide bonds. The number of nitrogens with two attached hydrogens (primary N) is 1. The van der Waals surface area contributed by atoms with Gasteiger partial charge in [-0.05, 0) is 35.4 Å². The Labute approximate surface area is 184 Å². The van der Waals surface area contributed by atoms with Crippen molar-refractivity contribution in [1.82, 2.24) is 0 Å². The van der Waals surface area contributed by atoms with Gasteiger partial charge < -0.3 is 11.1 Å². The molecule has 0 saturated heterocycles. The van der Waals surface area contributed by atoms with Gasteiger partial charge in [-0.1, -0.05) is 66.7 Å². The van der Waals surface area contributed by atoms with E-state index in [1.165, 1.54) is 0 Å². The van der Waals surface area contributed by atoms with Crippen molar-refractivity contribution in [3.8, 4) is 11.1 Å². The topological polar surface area (TPSA) is 89.3 Å². The Hall–Kier alpha value is -4.51. The Bertz CT molecular complexity index is 1390. The zero-order valence-electron chi connectivity index (χ0n) is 17.0. The second-order valence-electron chi connectivity index (χ2n) is 7.55. The standard InChI is InChI=1S/C27H18N2O3/c28-21-10-4-8-19-23(21)25(30)20-9-5-11-22(24(20)26(19)31)29-27(32)18-14-12-17(13-15-18)16-6-2-1-3-7-16/h1-15H,28H2,(H,29,32). The summed E-state index contributed by atoms with van der Waals surface area (Å²) in [6.45, 7) is 0. The van der Waals surface area contributed by atoms with Crippen molar-refractivity contribution in [2.75, 3.05) is 11.1 Å². The Morgan fingerprint density at radius 1 is 0.625 bits per heavy atom. The number of hydrogen-bond acceptors (Lipinski definition) is 4. The van der Waals surface area contributed by atoms with Gasteiger partial charge in [-0.25, -0.2) is 0 Å². The third kappa shape index (κ3) is 3.17. The molecule has 1 aliphatic rings. The van der Waals surface area contributed by atoms with Gasteiger partial charge in [0.25, 0.3) is 5.91 Å². The van der Waals surface area contributed by atoms with Crippen molar-refractivity contribution in [2.45, 2.75) is 0 Å². The van der Waals surface area contributed by atoms with E-state index in [9.17, 15) is 14.4 Å². The van der Waals surface area contributed by atoms with Crippen LogP contribution >= 0.6 is 0 Å². The first kappa shape index (κ1) is 19.5. The summed E-state index contributed by atoms with van der Waals surface area (Å²) in [6, 6.07) is 26.7. The van der Waals surface area contributed by atoms with Crippen LogP contribution in [0.4, 0.5) is 11.4 Å². The molecule has 0 fully saturated rings. The first-order valence-electron chi connectivity index (χ1n) is 10.1. The number of hydrogen-bond donors (Lipinski definition) is 2. The fourth-order valence-corrected chi connectivity index (χ4v) is 4.01. The zero-order chi connectivity index (χ0) is 22.2. The highest BCUT2D eigenvalue weighted by Gasteiger charge is 2.33. The molecular weight excluding hydrogens is 400 g/mol. The number of benzene rings is 4. The molecule has 0 radical (unpaired) electrons. The lowest BCUT2D eigenvalue weighted by Gasteiger charge is -2.21. The van der Waals surface area contributed by atoms with Gasteiger partial charge in [0.15, 0.2) is 11.6 Å². The maximum absolute atomic E-state index is 13.2. The second kappa shape index (κ2) is 7.63. The molecule has 5 rings (SSSR count). The molecule has 0 saturated carbocycles. The van der Waals surface area contributed by atoms with E-state index in [-0.39, 0.29) is 45.4 Å². The van der Waals surface area contributed by atoms with Crippen molar-refractivity contribution in [2.24, 2.45) is 0 Å². The largest absolute Gasteiger partial charge is 0.398 e. The summed E-state index contributed by atoms with van der Waals surface area (Å²) in [5.74, 6) is -1.02. The van der Waals surface area contributed by atoms with Crippen LogP contribution in [0.5, 0.6) is 0 Å². The van der Waals surface area contributed by atoms with Crippen molar-refractivity contribution in [3.05, 3.63) is 119 Å². The van der Waals surface area contributed by atoms with Crippen LogP contribution in [0, 0.1) is 0 Å².